The minimum absolute atomic E-state index is 0.242. The molecule has 3 nitrogen and oxygen atoms in total. The van der Waals surface area contributed by atoms with E-state index in [9.17, 15) is 4.79 Å². The van der Waals surface area contributed by atoms with Crippen LogP contribution in [-0.2, 0) is 11.2 Å². The first-order chi connectivity index (χ1) is 10.8. The third-order valence-electron chi connectivity index (χ3n) is 4.75. The van der Waals surface area contributed by atoms with Crippen LogP contribution in [0.3, 0.4) is 0 Å². The molecule has 0 unspecified atom stereocenters. The molecule has 1 aromatic heterocycles. The van der Waals surface area contributed by atoms with Crippen LogP contribution in [0.15, 0.2) is 30.5 Å². The number of nitrogens with one attached hydrogen (secondary N) is 2. The molecule has 2 aromatic rings. The van der Waals surface area contributed by atoms with Gasteiger partial charge in [0.25, 0.3) is 0 Å². The summed E-state index contributed by atoms with van der Waals surface area (Å²) in [5.74, 6) is 0.242. The van der Waals surface area contributed by atoms with Crippen molar-refractivity contribution in [2.45, 2.75) is 63.8 Å². The lowest BCUT2D eigenvalue weighted by Crippen LogP contribution is -2.35. The number of aromatic amines is 1. The highest BCUT2D eigenvalue weighted by molar-refractivity contribution is 5.83. The first-order valence-electron chi connectivity index (χ1n) is 8.67. The molecule has 0 saturated heterocycles. The van der Waals surface area contributed by atoms with Crippen LogP contribution in [0.1, 0.15) is 56.9 Å². The minimum Gasteiger partial charge on any atom is -0.361 e. The molecule has 1 amide bonds. The highest BCUT2D eigenvalue weighted by atomic mass is 16.1. The largest absolute Gasteiger partial charge is 0.361 e. The zero-order valence-corrected chi connectivity index (χ0v) is 13.2. The van der Waals surface area contributed by atoms with Gasteiger partial charge in [0.1, 0.15) is 0 Å². The number of aromatic nitrogens is 1. The Bertz CT molecular complexity index is 611. The van der Waals surface area contributed by atoms with Crippen molar-refractivity contribution < 1.29 is 4.79 Å². The van der Waals surface area contributed by atoms with E-state index in [4.69, 9.17) is 0 Å². The molecule has 0 radical (unpaired) electrons. The molecule has 3 heteroatoms. The summed E-state index contributed by atoms with van der Waals surface area (Å²) in [5, 5.41) is 4.51. The molecule has 0 atom stereocenters. The van der Waals surface area contributed by atoms with Crippen molar-refractivity contribution in [3.63, 3.8) is 0 Å². The number of hydrogen-bond acceptors (Lipinski definition) is 1. The quantitative estimate of drug-likeness (QED) is 0.766. The van der Waals surface area contributed by atoms with Crippen molar-refractivity contribution in [2.75, 3.05) is 0 Å². The second-order valence-corrected chi connectivity index (χ2v) is 6.47. The van der Waals surface area contributed by atoms with Gasteiger partial charge in [-0.25, -0.2) is 0 Å². The van der Waals surface area contributed by atoms with Gasteiger partial charge < -0.3 is 10.3 Å². The number of H-pyrrole nitrogens is 1. The van der Waals surface area contributed by atoms with Gasteiger partial charge >= 0.3 is 0 Å². The lowest BCUT2D eigenvalue weighted by Gasteiger charge is -2.22. The van der Waals surface area contributed by atoms with Crippen molar-refractivity contribution in [2.24, 2.45) is 0 Å². The van der Waals surface area contributed by atoms with Crippen LogP contribution in [0.25, 0.3) is 10.9 Å². The Hall–Kier alpha value is -1.77. The van der Waals surface area contributed by atoms with Crippen LogP contribution >= 0.6 is 0 Å². The predicted molar refractivity (Wildman–Crippen MR) is 90.9 cm³/mol. The highest BCUT2D eigenvalue weighted by Gasteiger charge is 2.15. The number of para-hydroxylation sites is 1. The molecule has 1 saturated carbocycles. The molecule has 2 N–H and O–H groups in total. The van der Waals surface area contributed by atoms with E-state index in [0.717, 1.165) is 19.3 Å². The summed E-state index contributed by atoms with van der Waals surface area (Å²) in [5.41, 5.74) is 2.57. The van der Waals surface area contributed by atoms with Crippen LogP contribution in [0.2, 0.25) is 0 Å². The molecule has 0 spiro atoms. The van der Waals surface area contributed by atoms with Gasteiger partial charge in [0, 0.05) is 29.6 Å². The zero-order chi connectivity index (χ0) is 15.2. The van der Waals surface area contributed by atoms with Crippen LogP contribution in [0.4, 0.5) is 0 Å². The van der Waals surface area contributed by atoms with Crippen molar-refractivity contribution in [3.05, 3.63) is 36.0 Å². The highest BCUT2D eigenvalue weighted by Crippen LogP contribution is 2.20. The maximum Gasteiger partial charge on any atom is 0.220 e. The monoisotopic (exact) mass is 298 g/mol. The zero-order valence-electron chi connectivity index (χ0n) is 13.2. The second-order valence-electron chi connectivity index (χ2n) is 6.47. The fraction of sp³-hybridized carbons (Fsp3) is 0.526. The van der Waals surface area contributed by atoms with Crippen molar-refractivity contribution in [1.82, 2.24) is 10.3 Å². The Morgan fingerprint density at radius 3 is 2.82 bits per heavy atom. The van der Waals surface area contributed by atoms with Gasteiger partial charge in [0.15, 0.2) is 0 Å². The fourth-order valence-electron chi connectivity index (χ4n) is 3.49. The van der Waals surface area contributed by atoms with Gasteiger partial charge in [-0.3, -0.25) is 4.79 Å². The first kappa shape index (κ1) is 15.1. The Morgan fingerprint density at radius 2 is 1.95 bits per heavy atom. The molecule has 3 rings (SSSR count). The normalized spacial score (nSPS) is 16.0. The Morgan fingerprint density at radius 1 is 1.14 bits per heavy atom. The van der Waals surface area contributed by atoms with Gasteiger partial charge in [0.05, 0.1) is 0 Å². The molecule has 1 fully saturated rings. The molecule has 1 aromatic carbocycles. The number of rotatable bonds is 6. The summed E-state index contributed by atoms with van der Waals surface area (Å²) >= 11 is 0. The smallest absolute Gasteiger partial charge is 0.220 e. The average molecular weight is 298 g/mol. The Kier molecular flexibility index (Phi) is 5.15. The maximum atomic E-state index is 12.0. The molecule has 0 aliphatic heterocycles. The number of benzene rings is 1. The summed E-state index contributed by atoms with van der Waals surface area (Å²) in [6.45, 7) is 0. The molecular formula is C19H26N2O. The predicted octanol–water partition coefficient (Wildman–Crippen LogP) is 4.33. The number of fused-ring (bicyclic) bond motifs is 1. The summed E-state index contributed by atoms with van der Waals surface area (Å²) in [7, 11) is 0. The molecule has 1 aliphatic rings. The third kappa shape index (κ3) is 3.90. The molecule has 1 aliphatic carbocycles. The Labute approximate surface area is 132 Å². The number of aryl methyl sites for hydroxylation is 1. The van der Waals surface area contributed by atoms with Gasteiger partial charge in [-0.05, 0) is 43.7 Å². The molecule has 1 heterocycles. The summed E-state index contributed by atoms with van der Waals surface area (Å²) in [4.78, 5) is 15.3. The standard InChI is InChI=1S/C19H26N2O/c22-19(21-16-9-2-1-3-10-16)13-7-4-8-15-14-20-18-12-6-5-11-17(15)18/h5-6,11-12,14,16,20H,1-4,7-10,13H2,(H,21,22). The number of hydrogen-bond donors (Lipinski definition) is 2. The number of carbonyl (C=O) groups is 1. The summed E-state index contributed by atoms with van der Waals surface area (Å²) in [6, 6.07) is 8.85. The lowest BCUT2D eigenvalue weighted by molar-refractivity contribution is -0.122. The SMILES string of the molecule is O=C(CCCCc1c[nH]c2ccccc12)NC1CCCCC1. The van der Waals surface area contributed by atoms with Gasteiger partial charge in [-0.2, -0.15) is 0 Å². The van der Waals surface area contributed by atoms with Crippen molar-refractivity contribution in [1.29, 1.82) is 0 Å². The number of amides is 1. The topological polar surface area (TPSA) is 44.9 Å². The minimum atomic E-state index is 0.242. The molecule has 0 bridgehead atoms. The van der Waals surface area contributed by atoms with E-state index in [1.165, 1.54) is 48.6 Å². The van der Waals surface area contributed by atoms with E-state index in [1.54, 1.807) is 0 Å². The second kappa shape index (κ2) is 7.48. The summed E-state index contributed by atoms with van der Waals surface area (Å²) < 4.78 is 0. The molecule has 118 valence electrons. The van der Waals surface area contributed by atoms with E-state index in [0.29, 0.717) is 12.5 Å². The van der Waals surface area contributed by atoms with Gasteiger partial charge in [0.2, 0.25) is 5.91 Å². The van der Waals surface area contributed by atoms with E-state index in [1.807, 2.05) is 0 Å². The average Bonchev–Trinajstić information content (AvgIpc) is 2.96. The lowest BCUT2D eigenvalue weighted by atomic mass is 9.95. The first-order valence-corrected chi connectivity index (χ1v) is 8.67. The Balaban J connectivity index is 1.39. The van der Waals surface area contributed by atoms with Gasteiger partial charge in [-0.15, -0.1) is 0 Å². The van der Waals surface area contributed by atoms with Gasteiger partial charge in [-0.1, -0.05) is 37.5 Å². The summed E-state index contributed by atoms with van der Waals surface area (Å²) in [6.07, 6.45) is 12.1. The van der Waals surface area contributed by atoms with Crippen molar-refractivity contribution in [3.8, 4) is 0 Å². The van der Waals surface area contributed by atoms with Crippen LogP contribution in [0.5, 0.6) is 0 Å². The van der Waals surface area contributed by atoms with Crippen LogP contribution in [0, 0.1) is 0 Å². The van der Waals surface area contributed by atoms with E-state index in [2.05, 4.69) is 40.8 Å². The third-order valence-corrected chi connectivity index (χ3v) is 4.75. The van der Waals surface area contributed by atoms with Crippen LogP contribution in [-0.4, -0.2) is 16.9 Å². The number of carbonyl (C=O) groups excluding carboxylic acids is 1. The maximum absolute atomic E-state index is 12.0. The number of unbranched alkanes of at least 4 members (excludes halogenated alkanes) is 1. The van der Waals surface area contributed by atoms with E-state index in [-0.39, 0.29) is 5.91 Å². The fourth-order valence-corrected chi connectivity index (χ4v) is 3.49. The van der Waals surface area contributed by atoms with E-state index < -0.39 is 0 Å². The van der Waals surface area contributed by atoms with Crippen LogP contribution < -0.4 is 5.32 Å². The van der Waals surface area contributed by atoms with E-state index >= 15 is 0 Å². The molecule has 22 heavy (non-hydrogen) atoms. The molecular weight excluding hydrogens is 272 g/mol. The van der Waals surface area contributed by atoms with Crippen molar-refractivity contribution >= 4 is 16.8 Å².